The Hall–Kier alpha value is -3.36. The third kappa shape index (κ3) is 3.83. The number of aromatic amines is 1. The van der Waals surface area contributed by atoms with Gasteiger partial charge in [-0.1, -0.05) is 17.7 Å². The molecule has 7 nitrogen and oxygen atoms in total. The molecule has 0 saturated heterocycles. The number of hydrogen-bond donors (Lipinski definition) is 2. The van der Waals surface area contributed by atoms with Crippen molar-refractivity contribution in [2.24, 2.45) is 0 Å². The van der Waals surface area contributed by atoms with Gasteiger partial charge in [-0.15, -0.1) is 11.3 Å². The van der Waals surface area contributed by atoms with Gasteiger partial charge < -0.3 is 4.98 Å². The van der Waals surface area contributed by atoms with Crippen molar-refractivity contribution in [3.63, 3.8) is 0 Å². The molecular weight excluding hydrogens is 398 g/mol. The summed E-state index contributed by atoms with van der Waals surface area (Å²) in [6, 6.07) is 12.3. The molecule has 28 heavy (non-hydrogen) atoms. The van der Waals surface area contributed by atoms with Crippen LogP contribution in [-0.4, -0.2) is 25.8 Å². The van der Waals surface area contributed by atoms with Gasteiger partial charge in [0.15, 0.2) is 5.13 Å². The highest BCUT2D eigenvalue weighted by Crippen LogP contribution is 2.23. The van der Waals surface area contributed by atoms with Crippen molar-refractivity contribution in [2.45, 2.75) is 0 Å². The summed E-state index contributed by atoms with van der Waals surface area (Å²) in [6.07, 6.45) is 2.91. The first-order valence-corrected chi connectivity index (χ1v) is 9.39. The van der Waals surface area contributed by atoms with Crippen LogP contribution in [0.15, 0.2) is 65.0 Å². The number of H-pyrrole nitrogens is 1. The standard InChI is InChI=1S/C19H12ClN5O2S/c20-12-6-4-11(5-7-12)16-22-9-13(17(26)24-16)18(27)25-19-23-15(10-28-19)14-3-1-2-8-21-14/h1-10H,(H,22,24,26)(H,23,25,27). The largest absolute Gasteiger partial charge is 0.306 e. The number of pyridine rings is 1. The van der Waals surface area contributed by atoms with Crippen LogP contribution in [0.5, 0.6) is 0 Å². The number of thiazole rings is 1. The number of anilines is 1. The van der Waals surface area contributed by atoms with Gasteiger partial charge in [0.05, 0.1) is 5.69 Å². The summed E-state index contributed by atoms with van der Waals surface area (Å²) in [5.74, 6) is -0.233. The number of halogens is 1. The third-order valence-electron chi connectivity index (χ3n) is 3.81. The maximum Gasteiger partial charge on any atom is 0.264 e. The minimum absolute atomic E-state index is 0.104. The molecular formula is C19H12ClN5O2S. The summed E-state index contributed by atoms with van der Waals surface area (Å²) in [6.45, 7) is 0. The number of nitrogens with zero attached hydrogens (tertiary/aromatic N) is 3. The summed E-state index contributed by atoms with van der Waals surface area (Å²) < 4.78 is 0. The van der Waals surface area contributed by atoms with Gasteiger partial charge in [0, 0.05) is 28.4 Å². The van der Waals surface area contributed by atoms with Crippen molar-refractivity contribution in [3.8, 4) is 22.8 Å². The molecule has 4 rings (SSSR count). The predicted octanol–water partition coefficient (Wildman–Crippen LogP) is 3.86. The quantitative estimate of drug-likeness (QED) is 0.533. The number of carbonyl (C=O) groups is 1. The number of rotatable bonds is 4. The maximum atomic E-state index is 12.4. The maximum absolute atomic E-state index is 12.4. The Balaban J connectivity index is 1.53. The van der Waals surface area contributed by atoms with Crippen LogP contribution in [-0.2, 0) is 0 Å². The minimum atomic E-state index is -0.585. The molecule has 0 aliphatic heterocycles. The molecule has 0 aliphatic rings. The predicted molar refractivity (Wildman–Crippen MR) is 109 cm³/mol. The zero-order valence-corrected chi connectivity index (χ0v) is 15.8. The van der Waals surface area contributed by atoms with E-state index in [9.17, 15) is 9.59 Å². The van der Waals surface area contributed by atoms with E-state index in [2.05, 4.69) is 25.3 Å². The minimum Gasteiger partial charge on any atom is -0.306 e. The van der Waals surface area contributed by atoms with E-state index < -0.39 is 11.5 Å². The summed E-state index contributed by atoms with van der Waals surface area (Å²) in [5, 5.41) is 5.35. The van der Waals surface area contributed by atoms with Crippen LogP contribution < -0.4 is 10.9 Å². The molecule has 0 saturated carbocycles. The Bertz CT molecular complexity index is 1190. The first kappa shape index (κ1) is 18.0. The van der Waals surface area contributed by atoms with Crippen LogP contribution in [0.25, 0.3) is 22.8 Å². The molecule has 0 aliphatic carbocycles. The molecule has 9 heteroatoms. The smallest absolute Gasteiger partial charge is 0.264 e. The van der Waals surface area contributed by atoms with E-state index in [-0.39, 0.29) is 5.56 Å². The number of nitrogens with one attached hydrogen (secondary N) is 2. The molecule has 0 unspecified atom stereocenters. The lowest BCUT2D eigenvalue weighted by atomic mass is 10.2. The summed E-state index contributed by atoms with van der Waals surface area (Å²) in [7, 11) is 0. The summed E-state index contributed by atoms with van der Waals surface area (Å²) in [4.78, 5) is 40.1. The fourth-order valence-electron chi connectivity index (χ4n) is 2.44. The van der Waals surface area contributed by atoms with Gasteiger partial charge >= 0.3 is 0 Å². The van der Waals surface area contributed by atoms with Crippen LogP contribution in [0, 0.1) is 0 Å². The van der Waals surface area contributed by atoms with Gasteiger partial charge in [-0.25, -0.2) is 9.97 Å². The Kier molecular flexibility index (Phi) is 4.96. The Morgan fingerprint density at radius 3 is 2.61 bits per heavy atom. The zero-order chi connectivity index (χ0) is 19.5. The number of amides is 1. The topological polar surface area (TPSA) is 101 Å². The van der Waals surface area contributed by atoms with Crippen molar-refractivity contribution in [1.82, 2.24) is 19.9 Å². The third-order valence-corrected chi connectivity index (χ3v) is 4.82. The molecule has 1 aromatic carbocycles. The van der Waals surface area contributed by atoms with Gasteiger partial charge in [-0.2, -0.15) is 0 Å². The van der Waals surface area contributed by atoms with Crippen molar-refractivity contribution >= 4 is 34.0 Å². The van der Waals surface area contributed by atoms with E-state index in [1.54, 1.807) is 35.8 Å². The molecule has 0 bridgehead atoms. The van der Waals surface area contributed by atoms with Crippen molar-refractivity contribution < 1.29 is 4.79 Å². The number of carbonyl (C=O) groups excluding carboxylic acids is 1. The van der Waals surface area contributed by atoms with E-state index in [1.807, 2.05) is 18.2 Å². The lowest BCUT2D eigenvalue weighted by molar-refractivity contribution is 0.102. The molecule has 0 atom stereocenters. The highest BCUT2D eigenvalue weighted by atomic mass is 35.5. The van der Waals surface area contributed by atoms with Crippen LogP contribution in [0.4, 0.5) is 5.13 Å². The van der Waals surface area contributed by atoms with Gasteiger partial charge in [0.2, 0.25) is 0 Å². The second-order valence-corrected chi connectivity index (χ2v) is 6.98. The van der Waals surface area contributed by atoms with Crippen LogP contribution in [0.3, 0.4) is 0 Å². The van der Waals surface area contributed by atoms with Gasteiger partial charge in [-0.3, -0.25) is 19.9 Å². The van der Waals surface area contributed by atoms with E-state index in [4.69, 9.17) is 11.6 Å². The zero-order valence-electron chi connectivity index (χ0n) is 14.2. The van der Waals surface area contributed by atoms with Crippen LogP contribution in [0.2, 0.25) is 5.02 Å². The SMILES string of the molecule is O=C(Nc1nc(-c2ccccn2)cs1)c1cnc(-c2ccc(Cl)cc2)[nH]c1=O. The fraction of sp³-hybridized carbons (Fsp3) is 0. The molecule has 2 N–H and O–H groups in total. The second kappa shape index (κ2) is 7.71. The monoisotopic (exact) mass is 409 g/mol. The van der Waals surface area contributed by atoms with Crippen LogP contribution in [0.1, 0.15) is 10.4 Å². The first-order chi connectivity index (χ1) is 13.6. The van der Waals surface area contributed by atoms with E-state index in [0.29, 0.717) is 32.9 Å². The highest BCUT2D eigenvalue weighted by molar-refractivity contribution is 7.14. The van der Waals surface area contributed by atoms with E-state index in [1.165, 1.54) is 17.5 Å². The van der Waals surface area contributed by atoms with Crippen molar-refractivity contribution in [2.75, 3.05) is 5.32 Å². The molecule has 138 valence electrons. The fourth-order valence-corrected chi connectivity index (χ4v) is 3.26. The molecule has 0 spiro atoms. The molecule has 0 fully saturated rings. The van der Waals surface area contributed by atoms with Crippen LogP contribution >= 0.6 is 22.9 Å². The van der Waals surface area contributed by atoms with E-state index in [0.717, 1.165) is 0 Å². The van der Waals surface area contributed by atoms with Gasteiger partial charge in [-0.05, 0) is 36.4 Å². The van der Waals surface area contributed by atoms with E-state index >= 15 is 0 Å². The second-order valence-electron chi connectivity index (χ2n) is 5.69. The highest BCUT2D eigenvalue weighted by Gasteiger charge is 2.15. The lowest BCUT2D eigenvalue weighted by Crippen LogP contribution is -2.24. The molecule has 0 radical (unpaired) electrons. The van der Waals surface area contributed by atoms with Gasteiger partial charge in [0.1, 0.15) is 17.1 Å². The molecule has 4 aromatic rings. The molecule has 3 aromatic heterocycles. The number of aromatic nitrogens is 4. The first-order valence-electron chi connectivity index (χ1n) is 8.14. The summed E-state index contributed by atoms with van der Waals surface area (Å²) >= 11 is 7.11. The Morgan fingerprint density at radius 1 is 1.07 bits per heavy atom. The van der Waals surface area contributed by atoms with Gasteiger partial charge in [0.25, 0.3) is 11.5 Å². The molecule has 3 heterocycles. The average molecular weight is 410 g/mol. The number of hydrogen-bond acceptors (Lipinski definition) is 6. The number of benzene rings is 1. The normalized spacial score (nSPS) is 10.6. The molecule has 1 amide bonds. The van der Waals surface area contributed by atoms with Crippen molar-refractivity contribution in [1.29, 1.82) is 0 Å². The average Bonchev–Trinajstić information content (AvgIpc) is 3.17. The summed E-state index contributed by atoms with van der Waals surface area (Å²) in [5.41, 5.74) is 1.39. The Labute approximate surface area is 168 Å². The lowest BCUT2D eigenvalue weighted by Gasteiger charge is -2.04. The Morgan fingerprint density at radius 2 is 1.89 bits per heavy atom. The van der Waals surface area contributed by atoms with Crippen molar-refractivity contribution in [3.05, 3.63) is 81.2 Å².